The Kier molecular flexibility index (Phi) is 8.99. The van der Waals surface area contributed by atoms with Crippen molar-refractivity contribution in [3.8, 4) is 5.75 Å². The smallest absolute Gasteiger partial charge is 0.253 e. The molecule has 1 unspecified atom stereocenters. The van der Waals surface area contributed by atoms with E-state index in [0.29, 0.717) is 25.2 Å². The molecule has 1 amide bonds. The third kappa shape index (κ3) is 6.11. The Morgan fingerprint density at radius 1 is 1.18 bits per heavy atom. The lowest BCUT2D eigenvalue weighted by Gasteiger charge is -2.50. The molecule has 1 N–H and O–H groups in total. The van der Waals surface area contributed by atoms with Gasteiger partial charge < -0.3 is 19.5 Å². The number of benzene rings is 2. The van der Waals surface area contributed by atoms with Gasteiger partial charge in [-0.3, -0.25) is 9.69 Å². The summed E-state index contributed by atoms with van der Waals surface area (Å²) in [5.74, 6) is 0.886. The number of aliphatic hydroxyl groups is 1. The number of hydrogen-bond donors (Lipinski definition) is 1. The molecule has 0 aliphatic carbocycles. The van der Waals surface area contributed by atoms with Crippen molar-refractivity contribution in [1.29, 1.82) is 0 Å². The largest absolute Gasteiger partial charge is 0.491 e. The minimum absolute atomic E-state index is 0. The fourth-order valence-corrected chi connectivity index (χ4v) is 4.98. The molecule has 2 heterocycles. The van der Waals surface area contributed by atoms with Crippen LogP contribution in [0.15, 0.2) is 48.5 Å². The number of hydrogen-bond acceptors (Lipinski definition) is 5. The highest BCUT2D eigenvalue weighted by Gasteiger charge is 2.44. The van der Waals surface area contributed by atoms with Crippen molar-refractivity contribution in [3.63, 3.8) is 0 Å². The third-order valence-electron chi connectivity index (χ3n) is 6.66. The number of ether oxygens (including phenoxy) is 2. The molecule has 1 spiro atoms. The van der Waals surface area contributed by atoms with Gasteiger partial charge in [0.15, 0.2) is 0 Å². The number of carbonyl (C=O) groups is 1. The van der Waals surface area contributed by atoms with Crippen LogP contribution in [0.3, 0.4) is 0 Å². The minimum atomic E-state index is -0.296. The zero-order valence-corrected chi connectivity index (χ0v) is 21.2. The van der Waals surface area contributed by atoms with E-state index in [1.165, 1.54) is 0 Å². The van der Waals surface area contributed by atoms with Crippen molar-refractivity contribution in [2.24, 2.45) is 0 Å². The molecule has 2 fully saturated rings. The molecule has 0 bridgehead atoms. The average Bonchev–Trinajstić information content (AvgIpc) is 2.81. The average molecular weight is 489 g/mol. The van der Waals surface area contributed by atoms with E-state index in [4.69, 9.17) is 9.47 Å². The first kappa shape index (κ1) is 26.5. The highest BCUT2D eigenvalue weighted by atomic mass is 35.5. The number of aliphatic hydroxyl groups excluding tert-OH is 1. The summed E-state index contributed by atoms with van der Waals surface area (Å²) in [6.07, 6.45) is 1.66. The first-order valence-electron chi connectivity index (χ1n) is 12.0. The molecule has 2 aliphatic rings. The number of β-amino-alcohol motifs (C(OH)–C–C–N with tert-alkyl or cyclic N) is 1. The number of carbonyl (C=O) groups excluding carboxylic acids is 1. The number of halogens is 1. The summed E-state index contributed by atoms with van der Waals surface area (Å²) in [6.45, 7) is 9.65. The van der Waals surface area contributed by atoms with E-state index in [1.807, 2.05) is 62.1 Å². The summed E-state index contributed by atoms with van der Waals surface area (Å²) in [7, 11) is 0. The van der Waals surface area contributed by atoms with Crippen LogP contribution in [-0.2, 0) is 4.74 Å². The third-order valence-corrected chi connectivity index (χ3v) is 6.66. The van der Waals surface area contributed by atoms with Crippen LogP contribution in [0.4, 0.5) is 0 Å². The van der Waals surface area contributed by atoms with E-state index in [-0.39, 0.29) is 42.7 Å². The van der Waals surface area contributed by atoms with Gasteiger partial charge in [0, 0.05) is 38.3 Å². The Balaban J connectivity index is 0.00000324. The highest BCUT2D eigenvalue weighted by Crippen LogP contribution is 2.38. The zero-order valence-electron chi connectivity index (χ0n) is 20.4. The maximum atomic E-state index is 13.2. The first-order valence-corrected chi connectivity index (χ1v) is 12.0. The van der Waals surface area contributed by atoms with Crippen LogP contribution < -0.4 is 4.74 Å². The lowest BCUT2D eigenvalue weighted by molar-refractivity contribution is -0.176. The molecule has 1 atom stereocenters. The van der Waals surface area contributed by atoms with E-state index in [1.54, 1.807) is 0 Å². The molecule has 4 rings (SSSR count). The predicted octanol–water partition coefficient (Wildman–Crippen LogP) is 4.24. The lowest BCUT2D eigenvalue weighted by Crippen LogP contribution is -2.58. The van der Waals surface area contributed by atoms with Crippen LogP contribution in [0.1, 0.15) is 54.3 Å². The van der Waals surface area contributed by atoms with Crippen molar-refractivity contribution >= 4 is 18.3 Å². The van der Waals surface area contributed by atoms with Crippen molar-refractivity contribution < 1.29 is 19.4 Å². The van der Waals surface area contributed by atoms with Gasteiger partial charge in [-0.2, -0.15) is 0 Å². The summed E-state index contributed by atoms with van der Waals surface area (Å²) >= 11 is 0. The van der Waals surface area contributed by atoms with E-state index >= 15 is 0 Å². The molecule has 2 aromatic rings. The highest BCUT2D eigenvalue weighted by molar-refractivity contribution is 5.94. The SMILES string of the molecule is Cc1cc(C(=O)N2CCC3(CC2)CN(CCO)CC(c2ccccc2)O3)ccc1OC(C)C.Cl. The first-order chi connectivity index (χ1) is 15.9. The number of aryl methyl sites for hydroxylation is 1. The second kappa shape index (κ2) is 11.5. The molecule has 7 heteroatoms. The minimum Gasteiger partial charge on any atom is -0.491 e. The molecule has 186 valence electrons. The summed E-state index contributed by atoms with van der Waals surface area (Å²) < 4.78 is 12.5. The topological polar surface area (TPSA) is 62.2 Å². The summed E-state index contributed by atoms with van der Waals surface area (Å²) in [4.78, 5) is 17.5. The Morgan fingerprint density at radius 2 is 1.88 bits per heavy atom. The number of amides is 1. The van der Waals surface area contributed by atoms with Crippen LogP contribution >= 0.6 is 12.4 Å². The summed E-state index contributed by atoms with van der Waals surface area (Å²) in [5, 5.41) is 9.55. The van der Waals surface area contributed by atoms with E-state index in [9.17, 15) is 9.90 Å². The van der Waals surface area contributed by atoms with Gasteiger partial charge in [-0.05, 0) is 62.9 Å². The Morgan fingerprint density at radius 3 is 2.50 bits per heavy atom. The van der Waals surface area contributed by atoms with Crippen LogP contribution in [0, 0.1) is 6.92 Å². The van der Waals surface area contributed by atoms with Crippen molar-refractivity contribution in [3.05, 3.63) is 65.2 Å². The van der Waals surface area contributed by atoms with Crippen LogP contribution in [0.25, 0.3) is 0 Å². The quantitative estimate of drug-likeness (QED) is 0.658. The van der Waals surface area contributed by atoms with Gasteiger partial charge in [-0.1, -0.05) is 30.3 Å². The van der Waals surface area contributed by atoms with Crippen LogP contribution in [0.2, 0.25) is 0 Å². The molecule has 34 heavy (non-hydrogen) atoms. The summed E-state index contributed by atoms with van der Waals surface area (Å²) in [6, 6.07) is 16.0. The molecular formula is C27H37ClN2O4. The number of morpholine rings is 1. The summed E-state index contributed by atoms with van der Waals surface area (Å²) in [5.41, 5.74) is 2.55. The molecule has 0 aromatic heterocycles. The van der Waals surface area contributed by atoms with Gasteiger partial charge in [0.05, 0.1) is 24.4 Å². The zero-order chi connectivity index (χ0) is 23.4. The molecule has 2 aromatic carbocycles. The fraction of sp³-hybridized carbons (Fsp3) is 0.519. The predicted molar refractivity (Wildman–Crippen MR) is 136 cm³/mol. The lowest BCUT2D eigenvalue weighted by atomic mass is 9.87. The van der Waals surface area contributed by atoms with E-state index in [0.717, 1.165) is 42.8 Å². The maximum absolute atomic E-state index is 13.2. The van der Waals surface area contributed by atoms with Crippen LogP contribution in [-0.4, -0.2) is 71.8 Å². The van der Waals surface area contributed by atoms with Gasteiger partial charge in [0.25, 0.3) is 5.91 Å². The standard InChI is InChI=1S/C27H36N2O4.ClH/c1-20(2)32-24-10-9-23(17-21(24)3)26(31)29-13-11-27(12-14-29)19-28(15-16-30)18-25(33-27)22-7-5-4-6-8-22;/h4-10,17,20,25,30H,11-16,18-19H2,1-3H3;1H. The number of nitrogens with zero attached hydrogens (tertiary/aromatic N) is 2. The van der Waals surface area contributed by atoms with E-state index in [2.05, 4.69) is 17.0 Å². The second-order valence-corrected chi connectivity index (χ2v) is 9.60. The molecule has 2 aliphatic heterocycles. The van der Waals surface area contributed by atoms with Crippen molar-refractivity contribution in [1.82, 2.24) is 9.80 Å². The fourth-order valence-electron chi connectivity index (χ4n) is 4.98. The molecule has 0 radical (unpaired) electrons. The van der Waals surface area contributed by atoms with Gasteiger partial charge in [0.1, 0.15) is 5.75 Å². The van der Waals surface area contributed by atoms with Crippen molar-refractivity contribution in [2.75, 3.05) is 39.3 Å². The second-order valence-electron chi connectivity index (χ2n) is 9.60. The van der Waals surface area contributed by atoms with Gasteiger partial charge in [-0.15, -0.1) is 12.4 Å². The maximum Gasteiger partial charge on any atom is 0.253 e. The molecular weight excluding hydrogens is 452 g/mol. The molecule has 2 saturated heterocycles. The normalized spacial score (nSPS) is 20.3. The van der Waals surface area contributed by atoms with Gasteiger partial charge in [-0.25, -0.2) is 0 Å². The molecule has 0 saturated carbocycles. The van der Waals surface area contributed by atoms with Crippen LogP contribution in [0.5, 0.6) is 5.75 Å². The Labute approximate surface area is 209 Å². The molecule has 6 nitrogen and oxygen atoms in total. The van der Waals surface area contributed by atoms with Gasteiger partial charge >= 0.3 is 0 Å². The van der Waals surface area contributed by atoms with E-state index < -0.39 is 0 Å². The Bertz CT molecular complexity index is 945. The monoisotopic (exact) mass is 488 g/mol. The Hall–Kier alpha value is -2.12. The van der Waals surface area contributed by atoms with Crippen molar-refractivity contribution in [2.45, 2.75) is 51.4 Å². The number of piperidine rings is 1. The van der Waals surface area contributed by atoms with Gasteiger partial charge in [0.2, 0.25) is 0 Å². The number of rotatable bonds is 6. The number of likely N-dealkylation sites (tertiary alicyclic amines) is 1.